The van der Waals surface area contributed by atoms with Crippen LogP contribution in [0.5, 0.6) is 0 Å². The van der Waals surface area contributed by atoms with Gasteiger partial charge in [0, 0.05) is 43.2 Å². The third-order valence-corrected chi connectivity index (χ3v) is 5.50. The lowest BCUT2D eigenvalue weighted by Crippen LogP contribution is -2.46. The van der Waals surface area contributed by atoms with Gasteiger partial charge in [0.05, 0.1) is 24.8 Å². The van der Waals surface area contributed by atoms with E-state index in [0.29, 0.717) is 13.0 Å². The lowest BCUT2D eigenvalue weighted by atomic mass is 9.85. The number of rotatable bonds is 4. The van der Waals surface area contributed by atoms with Crippen molar-refractivity contribution >= 4 is 22.8 Å². The predicted octanol–water partition coefficient (Wildman–Crippen LogP) is 2.73. The number of hydrogen-bond donors (Lipinski definition) is 1. The van der Waals surface area contributed by atoms with Crippen molar-refractivity contribution in [1.29, 1.82) is 0 Å². The molecule has 1 aliphatic rings. The molecule has 0 aliphatic carbocycles. The number of hydrogen-bond acceptors (Lipinski definition) is 4. The molecule has 0 radical (unpaired) electrons. The van der Waals surface area contributed by atoms with Crippen LogP contribution in [0.25, 0.3) is 11.0 Å². The number of nitrogens with zero attached hydrogens (tertiary/aromatic N) is 3. The summed E-state index contributed by atoms with van der Waals surface area (Å²) in [7, 11) is 1.83. The number of carboxylic acids is 1. The minimum absolute atomic E-state index is 0.0316. The summed E-state index contributed by atoms with van der Waals surface area (Å²) in [5.74, 6) is -1.55. The first kappa shape index (κ1) is 18.3. The maximum absolute atomic E-state index is 13.0. The standard InChI is InChI=1S/C21H23N3O4/c1-13-3-4-19-18(5-13)16(12-28-19)7-20(25)24-10-14(6-15(11-24)21(26)27)17-8-22-23(2)9-17/h3-5,8-9,12,14-15H,6-7,10-11H2,1-2H3,(H,26,27). The molecule has 1 aliphatic heterocycles. The van der Waals surface area contributed by atoms with Crippen LogP contribution in [0.15, 0.2) is 41.3 Å². The minimum atomic E-state index is -0.865. The van der Waals surface area contributed by atoms with E-state index in [-0.39, 0.29) is 24.8 Å². The van der Waals surface area contributed by atoms with E-state index in [2.05, 4.69) is 5.10 Å². The highest BCUT2D eigenvalue weighted by Gasteiger charge is 2.35. The summed E-state index contributed by atoms with van der Waals surface area (Å²) in [6, 6.07) is 5.88. The molecule has 2 atom stereocenters. The van der Waals surface area contributed by atoms with Crippen molar-refractivity contribution in [3.05, 3.63) is 53.5 Å². The molecule has 3 heterocycles. The Balaban J connectivity index is 1.56. The van der Waals surface area contributed by atoms with Crippen LogP contribution in [0.2, 0.25) is 0 Å². The summed E-state index contributed by atoms with van der Waals surface area (Å²) in [5.41, 5.74) is 3.65. The molecule has 7 nitrogen and oxygen atoms in total. The van der Waals surface area contributed by atoms with Gasteiger partial charge in [-0.3, -0.25) is 14.3 Å². The minimum Gasteiger partial charge on any atom is -0.481 e. The summed E-state index contributed by atoms with van der Waals surface area (Å²) in [6.07, 6.45) is 5.98. The molecule has 1 N–H and O–H groups in total. The summed E-state index contributed by atoms with van der Waals surface area (Å²) in [6.45, 7) is 2.74. The van der Waals surface area contributed by atoms with Crippen LogP contribution < -0.4 is 0 Å². The van der Waals surface area contributed by atoms with Crippen LogP contribution in [0, 0.1) is 12.8 Å². The average Bonchev–Trinajstić information content (AvgIpc) is 3.27. The SMILES string of the molecule is Cc1ccc2occ(CC(=O)N3CC(C(=O)O)CC(c4cnn(C)c4)C3)c2c1. The molecule has 0 bridgehead atoms. The quantitative estimate of drug-likeness (QED) is 0.751. The highest BCUT2D eigenvalue weighted by Crippen LogP contribution is 2.31. The second kappa shape index (κ2) is 7.14. The largest absolute Gasteiger partial charge is 0.481 e. The van der Waals surface area contributed by atoms with Crippen molar-refractivity contribution in [2.45, 2.75) is 25.7 Å². The Labute approximate surface area is 162 Å². The number of furan rings is 1. The zero-order valence-electron chi connectivity index (χ0n) is 16.0. The molecule has 7 heteroatoms. The fourth-order valence-electron chi connectivity index (χ4n) is 3.98. The van der Waals surface area contributed by atoms with Crippen molar-refractivity contribution in [2.75, 3.05) is 13.1 Å². The molecule has 3 aromatic rings. The van der Waals surface area contributed by atoms with Crippen LogP contribution in [0.1, 0.15) is 29.0 Å². The predicted molar refractivity (Wildman–Crippen MR) is 103 cm³/mol. The van der Waals surface area contributed by atoms with Gasteiger partial charge in [0.25, 0.3) is 0 Å². The smallest absolute Gasteiger partial charge is 0.308 e. The Morgan fingerprint density at radius 2 is 2.14 bits per heavy atom. The first-order valence-electron chi connectivity index (χ1n) is 9.36. The number of aryl methyl sites for hydroxylation is 2. The number of benzene rings is 1. The Morgan fingerprint density at radius 1 is 1.32 bits per heavy atom. The summed E-state index contributed by atoms with van der Waals surface area (Å²) < 4.78 is 7.27. The highest BCUT2D eigenvalue weighted by molar-refractivity contribution is 5.88. The van der Waals surface area contributed by atoms with E-state index in [0.717, 1.165) is 27.7 Å². The monoisotopic (exact) mass is 381 g/mol. The molecule has 1 aromatic carbocycles. The van der Waals surface area contributed by atoms with Crippen molar-refractivity contribution in [3.63, 3.8) is 0 Å². The third-order valence-electron chi connectivity index (χ3n) is 5.50. The van der Waals surface area contributed by atoms with E-state index >= 15 is 0 Å². The van der Waals surface area contributed by atoms with Crippen LogP contribution in [0.3, 0.4) is 0 Å². The van der Waals surface area contributed by atoms with E-state index in [1.54, 1.807) is 22.0 Å². The van der Waals surface area contributed by atoms with Crippen molar-refractivity contribution in [1.82, 2.24) is 14.7 Å². The Kier molecular flexibility index (Phi) is 4.66. The van der Waals surface area contributed by atoms with Gasteiger partial charge in [0.2, 0.25) is 5.91 Å². The third kappa shape index (κ3) is 3.52. The zero-order valence-corrected chi connectivity index (χ0v) is 16.0. The topological polar surface area (TPSA) is 88.6 Å². The fraction of sp³-hybridized carbons (Fsp3) is 0.381. The van der Waals surface area contributed by atoms with Gasteiger partial charge >= 0.3 is 5.97 Å². The lowest BCUT2D eigenvalue weighted by Gasteiger charge is -2.36. The van der Waals surface area contributed by atoms with Gasteiger partial charge in [-0.05, 0) is 31.0 Å². The number of carboxylic acid groups (broad SMARTS) is 1. The number of amides is 1. The molecule has 4 rings (SSSR count). The second-order valence-corrected chi connectivity index (χ2v) is 7.65. The normalized spacial score (nSPS) is 19.9. The first-order valence-corrected chi connectivity index (χ1v) is 9.36. The number of carbonyl (C=O) groups excluding carboxylic acids is 1. The molecule has 146 valence electrons. The summed E-state index contributed by atoms with van der Waals surface area (Å²) in [5, 5.41) is 14.7. The van der Waals surface area contributed by atoms with Gasteiger partial charge in [0.15, 0.2) is 0 Å². The summed E-state index contributed by atoms with van der Waals surface area (Å²) in [4.78, 5) is 26.4. The van der Waals surface area contributed by atoms with Gasteiger partial charge in [0.1, 0.15) is 5.58 Å². The molecule has 0 spiro atoms. The van der Waals surface area contributed by atoms with Gasteiger partial charge in [-0.2, -0.15) is 5.10 Å². The molecule has 28 heavy (non-hydrogen) atoms. The van der Waals surface area contributed by atoms with Gasteiger partial charge in [-0.1, -0.05) is 11.6 Å². The number of carbonyl (C=O) groups is 2. The molecular formula is C21H23N3O4. The maximum atomic E-state index is 13.0. The fourth-order valence-corrected chi connectivity index (χ4v) is 3.98. The molecular weight excluding hydrogens is 358 g/mol. The average molecular weight is 381 g/mol. The van der Waals surface area contributed by atoms with E-state index in [1.807, 2.05) is 38.4 Å². The maximum Gasteiger partial charge on any atom is 0.308 e. The van der Waals surface area contributed by atoms with E-state index < -0.39 is 11.9 Å². The van der Waals surface area contributed by atoms with Crippen LogP contribution >= 0.6 is 0 Å². The Bertz CT molecular complexity index is 1040. The summed E-state index contributed by atoms with van der Waals surface area (Å²) >= 11 is 0. The molecule has 1 fully saturated rings. The van der Waals surface area contributed by atoms with Crippen LogP contribution in [0.4, 0.5) is 0 Å². The van der Waals surface area contributed by atoms with Crippen molar-refractivity contribution in [3.8, 4) is 0 Å². The van der Waals surface area contributed by atoms with E-state index in [9.17, 15) is 14.7 Å². The van der Waals surface area contributed by atoms with E-state index in [1.165, 1.54) is 0 Å². The number of piperidine rings is 1. The highest BCUT2D eigenvalue weighted by atomic mass is 16.4. The number of fused-ring (bicyclic) bond motifs is 1. The number of likely N-dealkylation sites (tertiary alicyclic amines) is 1. The second-order valence-electron chi connectivity index (χ2n) is 7.65. The van der Waals surface area contributed by atoms with Crippen molar-refractivity contribution < 1.29 is 19.1 Å². The molecule has 0 saturated carbocycles. The van der Waals surface area contributed by atoms with Crippen LogP contribution in [-0.4, -0.2) is 44.8 Å². The first-order chi connectivity index (χ1) is 13.4. The Morgan fingerprint density at radius 3 is 2.86 bits per heavy atom. The molecule has 1 saturated heterocycles. The lowest BCUT2D eigenvalue weighted by molar-refractivity contribution is -0.146. The van der Waals surface area contributed by atoms with Crippen LogP contribution in [-0.2, 0) is 23.1 Å². The van der Waals surface area contributed by atoms with Gasteiger partial charge in [-0.25, -0.2) is 0 Å². The number of aliphatic carboxylic acids is 1. The van der Waals surface area contributed by atoms with E-state index in [4.69, 9.17) is 4.42 Å². The molecule has 1 amide bonds. The van der Waals surface area contributed by atoms with Gasteiger partial charge < -0.3 is 14.4 Å². The Hall–Kier alpha value is -3.09. The molecule has 2 unspecified atom stereocenters. The number of aromatic nitrogens is 2. The zero-order chi connectivity index (χ0) is 19.8. The van der Waals surface area contributed by atoms with Crippen molar-refractivity contribution in [2.24, 2.45) is 13.0 Å². The molecule has 2 aromatic heterocycles. The van der Waals surface area contributed by atoms with Gasteiger partial charge in [-0.15, -0.1) is 0 Å².